The number of carbonyl (C=O) groups excluding carboxylic acids is 2. The number of ether oxygens (including phenoxy) is 1. The molecule has 1 saturated heterocycles. The van der Waals surface area contributed by atoms with Crippen molar-refractivity contribution in [3.8, 4) is 0 Å². The maximum absolute atomic E-state index is 11.6. The van der Waals surface area contributed by atoms with E-state index in [0.717, 1.165) is 13.0 Å². The minimum Gasteiger partial charge on any atom is -0.390 e. The predicted octanol–water partition coefficient (Wildman–Crippen LogP) is 0.429. The molecule has 0 unspecified atom stereocenters. The van der Waals surface area contributed by atoms with Crippen LogP contribution in [0, 0.1) is 0 Å². The molecular weight excluding hydrogens is 222 g/mol. The van der Waals surface area contributed by atoms with Crippen LogP contribution in [0.2, 0.25) is 0 Å². The molecule has 1 aliphatic heterocycles. The molecule has 0 aliphatic carbocycles. The predicted molar refractivity (Wildman–Crippen MR) is 58.4 cm³/mol. The number of carbonyl (C=O) groups is 2. The third-order valence-electron chi connectivity index (χ3n) is 2.13. The number of esters is 2. The first-order chi connectivity index (χ1) is 6.64. The summed E-state index contributed by atoms with van der Waals surface area (Å²) in [5.41, 5.74) is 0. The van der Waals surface area contributed by atoms with Gasteiger partial charge in [0.15, 0.2) is 4.87 Å². The van der Waals surface area contributed by atoms with Gasteiger partial charge in [0, 0.05) is 0 Å². The van der Waals surface area contributed by atoms with Gasteiger partial charge in [-0.15, -0.1) is 11.8 Å². The second-order valence-corrected chi connectivity index (χ2v) is 4.40. The van der Waals surface area contributed by atoms with Crippen molar-refractivity contribution in [2.45, 2.75) is 17.7 Å². The van der Waals surface area contributed by atoms with Gasteiger partial charge < -0.3 is 4.74 Å². The van der Waals surface area contributed by atoms with Crippen molar-refractivity contribution in [2.75, 3.05) is 18.6 Å². The summed E-state index contributed by atoms with van der Waals surface area (Å²) in [6.07, 6.45) is 3.45. The molecular formula is C8H13NO3S2. The van der Waals surface area contributed by atoms with Gasteiger partial charge in [-0.05, 0) is 25.6 Å². The lowest BCUT2D eigenvalue weighted by Crippen LogP contribution is -2.46. The first-order valence-corrected chi connectivity index (χ1v) is 6.16. The normalized spacial score (nSPS) is 26.1. The highest BCUT2D eigenvalue weighted by atomic mass is 32.2. The standard InChI is InChI=1S/C8H13NO3S2/c1-14-8(3-2-4-9-8)7(11)12-6(10)5-13/h9,13H,2-5H2,1H3/t8-/m1/s1. The molecule has 1 aliphatic rings. The van der Waals surface area contributed by atoms with Gasteiger partial charge in [-0.2, -0.15) is 12.6 Å². The number of thiol groups is 1. The molecule has 1 N–H and O–H groups in total. The van der Waals surface area contributed by atoms with E-state index in [1.807, 2.05) is 6.26 Å². The minimum atomic E-state index is -0.724. The number of hydrogen-bond donors (Lipinski definition) is 2. The van der Waals surface area contributed by atoms with Gasteiger partial charge >= 0.3 is 11.9 Å². The molecule has 0 saturated carbocycles. The molecule has 1 fully saturated rings. The van der Waals surface area contributed by atoms with Gasteiger partial charge in [0.25, 0.3) is 0 Å². The summed E-state index contributed by atoms with van der Waals surface area (Å²) in [5.74, 6) is -1.17. The highest BCUT2D eigenvalue weighted by molar-refractivity contribution is 8.00. The first kappa shape index (κ1) is 11.9. The zero-order chi connectivity index (χ0) is 10.6. The Kier molecular flexibility index (Phi) is 4.28. The van der Waals surface area contributed by atoms with Crippen molar-refractivity contribution in [2.24, 2.45) is 0 Å². The molecule has 0 radical (unpaired) electrons. The zero-order valence-electron chi connectivity index (χ0n) is 7.91. The van der Waals surface area contributed by atoms with Gasteiger partial charge in [-0.3, -0.25) is 10.1 Å². The van der Waals surface area contributed by atoms with Crippen molar-refractivity contribution >= 4 is 36.3 Å². The lowest BCUT2D eigenvalue weighted by atomic mass is 10.2. The van der Waals surface area contributed by atoms with Crippen LogP contribution in [0.5, 0.6) is 0 Å². The molecule has 0 bridgehead atoms. The van der Waals surface area contributed by atoms with Crippen LogP contribution in [-0.2, 0) is 14.3 Å². The molecule has 1 heterocycles. The van der Waals surface area contributed by atoms with E-state index in [0.29, 0.717) is 6.42 Å². The number of hydrogen-bond acceptors (Lipinski definition) is 6. The fourth-order valence-electron chi connectivity index (χ4n) is 1.37. The van der Waals surface area contributed by atoms with Gasteiger partial charge in [0.1, 0.15) is 0 Å². The highest BCUT2D eigenvalue weighted by Crippen LogP contribution is 2.30. The molecule has 14 heavy (non-hydrogen) atoms. The lowest BCUT2D eigenvalue weighted by molar-refractivity contribution is -0.159. The zero-order valence-corrected chi connectivity index (χ0v) is 9.62. The van der Waals surface area contributed by atoms with Crippen LogP contribution in [0.3, 0.4) is 0 Å². The van der Waals surface area contributed by atoms with E-state index in [1.54, 1.807) is 0 Å². The average molecular weight is 235 g/mol. The largest absolute Gasteiger partial charge is 0.390 e. The second kappa shape index (κ2) is 5.04. The minimum absolute atomic E-state index is 0.0732. The van der Waals surface area contributed by atoms with Crippen LogP contribution in [0.25, 0.3) is 0 Å². The van der Waals surface area contributed by atoms with Crippen molar-refractivity contribution in [1.82, 2.24) is 5.32 Å². The average Bonchev–Trinajstić information content (AvgIpc) is 2.67. The van der Waals surface area contributed by atoms with Crippen molar-refractivity contribution in [1.29, 1.82) is 0 Å². The van der Waals surface area contributed by atoms with E-state index in [9.17, 15) is 9.59 Å². The van der Waals surface area contributed by atoms with E-state index in [-0.39, 0.29) is 5.75 Å². The van der Waals surface area contributed by atoms with Crippen molar-refractivity contribution < 1.29 is 14.3 Å². The van der Waals surface area contributed by atoms with Crippen molar-refractivity contribution in [3.63, 3.8) is 0 Å². The van der Waals surface area contributed by atoms with Crippen LogP contribution in [0.15, 0.2) is 0 Å². The van der Waals surface area contributed by atoms with Crippen LogP contribution in [0.1, 0.15) is 12.8 Å². The first-order valence-electron chi connectivity index (χ1n) is 4.31. The van der Waals surface area contributed by atoms with Gasteiger partial charge in [0.05, 0.1) is 5.75 Å². The van der Waals surface area contributed by atoms with Gasteiger partial charge in [-0.25, -0.2) is 4.79 Å². The Morgan fingerprint density at radius 2 is 2.36 bits per heavy atom. The summed E-state index contributed by atoms with van der Waals surface area (Å²) in [4.78, 5) is 21.8. The molecule has 1 rings (SSSR count). The topological polar surface area (TPSA) is 55.4 Å². The summed E-state index contributed by atoms with van der Waals surface area (Å²) in [5, 5.41) is 3.06. The SMILES string of the molecule is CS[C@@]1(C(=O)OC(=O)CS)CCCN1. The Bertz CT molecular complexity index is 239. The summed E-state index contributed by atoms with van der Waals surface area (Å²) in [7, 11) is 0. The second-order valence-electron chi connectivity index (χ2n) is 2.98. The lowest BCUT2D eigenvalue weighted by Gasteiger charge is -2.23. The fourth-order valence-corrected chi connectivity index (χ4v) is 2.23. The van der Waals surface area contributed by atoms with Crippen LogP contribution in [0.4, 0.5) is 0 Å². The Hall–Kier alpha value is -0.200. The smallest absolute Gasteiger partial charge is 0.344 e. The van der Waals surface area contributed by atoms with E-state index < -0.39 is 16.8 Å². The molecule has 0 spiro atoms. The molecule has 0 amide bonds. The maximum atomic E-state index is 11.6. The molecule has 0 aromatic heterocycles. The van der Waals surface area contributed by atoms with E-state index in [4.69, 9.17) is 0 Å². The summed E-state index contributed by atoms with van der Waals surface area (Å²) in [6.45, 7) is 0.783. The number of nitrogens with one attached hydrogen (secondary N) is 1. The van der Waals surface area contributed by atoms with Crippen LogP contribution >= 0.6 is 24.4 Å². The molecule has 4 nitrogen and oxygen atoms in total. The Labute approximate surface area is 92.6 Å². The number of thioether (sulfide) groups is 1. The Morgan fingerprint density at radius 3 is 2.79 bits per heavy atom. The summed E-state index contributed by atoms with van der Waals surface area (Å²) in [6, 6.07) is 0. The van der Waals surface area contributed by atoms with Gasteiger partial charge in [-0.1, -0.05) is 0 Å². The van der Waals surface area contributed by atoms with Crippen molar-refractivity contribution in [3.05, 3.63) is 0 Å². The molecule has 0 aromatic rings. The third kappa shape index (κ3) is 2.43. The van der Waals surface area contributed by atoms with Crippen LogP contribution < -0.4 is 5.32 Å². The van der Waals surface area contributed by atoms with E-state index in [2.05, 4.69) is 22.7 Å². The van der Waals surface area contributed by atoms with Crippen LogP contribution in [-0.4, -0.2) is 35.4 Å². The molecule has 1 atom stereocenters. The monoisotopic (exact) mass is 235 g/mol. The molecule has 80 valence electrons. The highest BCUT2D eigenvalue weighted by Gasteiger charge is 2.42. The Morgan fingerprint density at radius 1 is 1.64 bits per heavy atom. The quantitative estimate of drug-likeness (QED) is 0.422. The maximum Gasteiger partial charge on any atom is 0.344 e. The van der Waals surface area contributed by atoms with Gasteiger partial charge in [0.2, 0.25) is 0 Å². The van der Waals surface area contributed by atoms with E-state index in [1.165, 1.54) is 11.8 Å². The Balaban J connectivity index is 2.60. The third-order valence-corrected chi connectivity index (χ3v) is 3.60. The molecule has 6 heteroatoms. The summed E-state index contributed by atoms with van der Waals surface area (Å²) < 4.78 is 4.64. The number of rotatable bonds is 3. The fraction of sp³-hybridized carbons (Fsp3) is 0.750. The summed E-state index contributed by atoms with van der Waals surface area (Å²) >= 11 is 5.11. The van der Waals surface area contributed by atoms with E-state index >= 15 is 0 Å². The molecule has 0 aromatic carbocycles.